The highest BCUT2D eigenvalue weighted by molar-refractivity contribution is 7.98. The van der Waals surface area contributed by atoms with Gasteiger partial charge in [-0.25, -0.2) is 9.59 Å². The highest BCUT2D eigenvalue weighted by Gasteiger charge is 2.36. The molecule has 0 bridgehead atoms. The maximum atomic E-state index is 14.2. The van der Waals surface area contributed by atoms with Crippen molar-refractivity contribution in [1.82, 2.24) is 42.5 Å². The van der Waals surface area contributed by atoms with Crippen molar-refractivity contribution in [3.63, 3.8) is 0 Å². The Balaban J connectivity index is 6.63. The fourth-order valence-corrected chi connectivity index (χ4v) is 7.87. The minimum absolute atomic E-state index is 0.0308. The summed E-state index contributed by atoms with van der Waals surface area (Å²) < 4.78 is 0. The molecule has 0 unspecified atom stereocenters. The summed E-state index contributed by atoms with van der Waals surface area (Å²) in [6, 6.07) is -12.4. The van der Waals surface area contributed by atoms with Crippen LogP contribution >= 0.6 is 23.5 Å². The van der Waals surface area contributed by atoms with E-state index in [0.29, 0.717) is 43.6 Å². The molecule has 0 aromatic carbocycles. The Labute approximate surface area is 435 Å². The van der Waals surface area contributed by atoms with Gasteiger partial charge >= 0.3 is 11.9 Å². The molecule has 0 saturated heterocycles. The lowest BCUT2D eigenvalue weighted by Gasteiger charge is -2.29. The van der Waals surface area contributed by atoms with Crippen molar-refractivity contribution >= 4 is 88.6 Å². The largest absolute Gasteiger partial charge is 0.480 e. The number of primary amides is 1. The normalized spacial score (nSPS) is 14.9. The first kappa shape index (κ1) is 67.7. The second-order valence-corrected chi connectivity index (χ2v) is 20.1. The number of carbonyl (C=O) groups is 11. The molecular weight excluding hydrogens is 997 g/mol. The van der Waals surface area contributed by atoms with Gasteiger partial charge in [-0.2, -0.15) is 23.5 Å². The van der Waals surface area contributed by atoms with Crippen LogP contribution in [0.1, 0.15) is 105 Å². The Morgan fingerprint density at radius 3 is 1.33 bits per heavy atom. The predicted octanol–water partition coefficient (Wildman–Crippen LogP) is -3.52. The second kappa shape index (κ2) is 37.4. The fourth-order valence-electron chi connectivity index (χ4n) is 6.90. The number of aliphatic hydroxyl groups is 1. The molecule has 0 aliphatic carbocycles. The van der Waals surface area contributed by atoms with Crippen molar-refractivity contribution in [1.29, 1.82) is 0 Å². The van der Waals surface area contributed by atoms with Gasteiger partial charge in [0.05, 0.1) is 19.1 Å². The van der Waals surface area contributed by atoms with Gasteiger partial charge in [0, 0.05) is 6.42 Å². The van der Waals surface area contributed by atoms with E-state index in [-0.39, 0.29) is 57.5 Å². The van der Waals surface area contributed by atoms with Crippen molar-refractivity contribution < 1.29 is 68.1 Å². The highest BCUT2D eigenvalue weighted by Crippen LogP contribution is 2.13. The van der Waals surface area contributed by atoms with E-state index in [1.165, 1.54) is 23.5 Å². The lowest BCUT2D eigenvalue weighted by atomic mass is 9.98. The molecule has 418 valence electrons. The van der Waals surface area contributed by atoms with Crippen LogP contribution in [0, 0.1) is 11.8 Å². The van der Waals surface area contributed by atoms with Crippen molar-refractivity contribution in [2.24, 2.45) is 34.8 Å². The third kappa shape index (κ3) is 28.1. The Morgan fingerprint density at radius 2 is 0.904 bits per heavy atom. The van der Waals surface area contributed by atoms with Gasteiger partial charge < -0.3 is 80.8 Å². The Morgan fingerprint density at radius 1 is 0.493 bits per heavy atom. The molecule has 26 nitrogen and oxygen atoms in total. The molecule has 0 aliphatic rings. The number of hydrogen-bond donors (Lipinski definition) is 15. The number of nitrogens with one attached hydrogen (secondary N) is 8. The molecule has 9 atom stereocenters. The molecule has 0 fully saturated rings. The van der Waals surface area contributed by atoms with Gasteiger partial charge in [0.15, 0.2) is 0 Å². The van der Waals surface area contributed by atoms with Crippen LogP contribution in [0.25, 0.3) is 0 Å². The molecule has 73 heavy (non-hydrogen) atoms. The summed E-state index contributed by atoms with van der Waals surface area (Å²) in [5.74, 6) is -10.7. The smallest absolute Gasteiger partial charge is 0.328 e. The van der Waals surface area contributed by atoms with Crippen molar-refractivity contribution in [3.05, 3.63) is 0 Å². The number of amides is 9. The van der Waals surface area contributed by atoms with E-state index in [0.717, 1.165) is 0 Å². The monoisotopic (exact) mass is 1080 g/mol. The Bertz CT molecular complexity index is 1820. The minimum atomic E-state index is -1.88. The minimum Gasteiger partial charge on any atom is -0.480 e. The van der Waals surface area contributed by atoms with Crippen LogP contribution < -0.4 is 65.5 Å². The molecular formula is C45H82N12O14S2. The first-order valence-corrected chi connectivity index (χ1v) is 27.1. The Kier molecular flexibility index (Phi) is 34.7. The quantitative estimate of drug-likeness (QED) is 0.0265. The van der Waals surface area contributed by atoms with Crippen LogP contribution in [-0.2, 0) is 52.7 Å². The van der Waals surface area contributed by atoms with E-state index in [4.69, 9.17) is 28.0 Å². The number of aliphatic hydroxyl groups excluding tert-OH is 1. The molecule has 0 spiro atoms. The summed E-state index contributed by atoms with van der Waals surface area (Å²) in [6.45, 7) is 6.16. The zero-order valence-corrected chi connectivity index (χ0v) is 44.5. The van der Waals surface area contributed by atoms with Crippen molar-refractivity contribution in [2.45, 2.75) is 159 Å². The van der Waals surface area contributed by atoms with E-state index >= 15 is 0 Å². The van der Waals surface area contributed by atoms with Gasteiger partial charge in [0.25, 0.3) is 0 Å². The lowest BCUT2D eigenvalue weighted by molar-refractivity contribution is -0.145. The van der Waals surface area contributed by atoms with Crippen LogP contribution in [-0.4, -0.2) is 179 Å². The predicted molar refractivity (Wildman–Crippen MR) is 275 cm³/mol. The van der Waals surface area contributed by atoms with E-state index in [1.54, 1.807) is 34.0 Å². The molecule has 9 amide bonds. The van der Waals surface area contributed by atoms with Gasteiger partial charge in [0.1, 0.15) is 48.3 Å². The SMILES string of the molecule is CSCC[C@H](NC(=O)[C@H](CCC(N)=O)NC(=O)[C@@H](N)CCSC)C(=O)N[C@@H](CCCCN)C(=O)N[C@@H](CCCCN)C(=O)N[C@H](C(=O)N[C@@H](CC(C)C)C(=O)N[C@@H](CC(=O)N[C@@H](CO)C(=O)O)C(=O)O)C(C)C. The van der Waals surface area contributed by atoms with Gasteiger partial charge in [-0.1, -0.05) is 27.7 Å². The maximum Gasteiger partial charge on any atom is 0.328 e. The summed E-state index contributed by atoms with van der Waals surface area (Å²) in [4.78, 5) is 144. The number of carboxylic acids is 2. The van der Waals surface area contributed by atoms with E-state index in [2.05, 4.69) is 37.2 Å². The number of hydrogen-bond acceptors (Lipinski definition) is 17. The fraction of sp³-hybridized carbons (Fsp3) is 0.756. The Hall–Kier alpha value is -5.29. The number of rotatable bonds is 40. The molecule has 19 N–H and O–H groups in total. The van der Waals surface area contributed by atoms with E-state index < -0.39 is 138 Å². The van der Waals surface area contributed by atoms with Crippen LogP contribution in [0.4, 0.5) is 0 Å². The average molecular weight is 1080 g/mol. The van der Waals surface area contributed by atoms with Gasteiger partial charge in [-0.3, -0.25) is 43.2 Å². The number of thioether (sulfide) groups is 2. The first-order chi connectivity index (χ1) is 34.4. The van der Waals surface area contributed by atoms with Crippen molar-refractivity contribution in [3.8, 4) is 0 Å². The average Bonchev–Trinajstić information content (AvgIpc) is 3.32. The maximum absolute atomic E-state index is 14.2. The molecule has 0 aliphatic heterocycles. The van der Waals surface area contributed by atoms with Crippen LogP contribution in [0.3, 0.4) is 0 Å². The highest BCUT2D eigenvalue weighted by atomic mass is 32.2. The number of nitrogens with two attached hydrogens (primary N) is 4. The van der Waals surface area contributed by atoms with Gasteiger partial charge in [-0.05, 0) is 113 Å². The molecule has 0 aromatic rings. The topological polar surface area (TPSA) is 449 Å². The van der Waals surface area contributed by atoms with Gasteiger partial charge in [-0.15, -0.1) is 0 Å². The molecule has 28 heteroatoms. The van der Waals surface area contributed by atoms with Gasteiger partial charge in [0.2, 0.25) is 53.2 Å². The molecule has 0 radical (unpaired) electrons. The van der Waals surface area contributed by atoms with Crippen LogP contribution in [0.5, 0.6) is 0 Å². The summed E-state index contributed by atoms with van der Waals surface area (Å²) in [5, 5.41) is 48.1. The summed E-state index contributed by atoms with van der Waals surface area (Å²) in [6.07, 6.45) is 4.28. The first-order valence-electron chi connectivity index (χ1n) is 24.3. The number of carboxylic acid groups (broad SMARTS) is 2. The number of unbranched alkanes of at least 4 members (excludes halogenated alkanes) is 2. The second-order valence-electron chi connectivity index (χ2n) is 18.2. The van der Waals surface area contributed by atoms with Crippen LogP contribution in [0.2, 0.25) is 0 Å². The van der Waals surface area contributed by atoms with E-state index in [9.17, 15) is 63.0 Å². The number of aliphatic carboxylic acids is 2. The summed E-state index contributed by atoms with van der Waals surface area (Å²) in [7, 11) is 0. The van der Waals surface area contributed by atoms with Crippen LogP contribution in [0.15, 0.2) is 0 Å². The van der Waals surface area contributed by atoms with Crippen molar-refractivity contribution in [2.75, 3.05) is 43.7 Å². The molecule has 0 rings (SSSR count). The summed E-state index contributed by atoms with van der Waals surface area (Å²) in [5.41, 5.74) is 22.9. The third-order valence-corrected chi connectivity index (χ3v) is 12.4. The standard InChI is InChI=1S/C45H82N12O14S2/c1-24(2)21-31(42(66)56-32(44(68)69)22-35(60)50-33(23-58)45(70)71)55-43(67)36(25(3)4)57-41(65)28(12-8-10-18-47)53-38(62)27(11-7-9-17-46)52-40(64)30(16-20-73-6)54-39(63)29(13-14-34(49)59)51-37(61)26(48)15-19-72-5/h24-33,36,58H,7-23,46-48H2,1-6H3,(H2,49,59)(H,50,60)(H,51,61)(H,52,64)(H,53,62)(H,54,63)(H,55,67)(H,56,66)(H,57,65)(H,68,69)(H,70,71)/t26-,27-,28-,29-,30-,31-,32-,33-,36-/m0/s1. The zero-order valence-electron chi connectivity index (χ0n) is 42.8. The lowest BCUT2D eigenvalue weighted by Crippen LogP contribution is -2.61. The molecule has 0 aromatic heterocycles. The summed E-state index contributed by atoms with van der Waals surface area (Å²) >= 11 is 2.85. The van der Waals surface area contributed by atoms with E-state index in [1.807, 2.05) is 11.6 Å². The number of carbonyl (C=O) groups excluding carboxylic acids is 9. The molecule has 0 saturated carbocycles. The third-order valence-electron chi connectivity index (χ3n) is 11.1. The zero-order chi connectivity index (χ0) is 55.8. The molecule has 0 heterocycles.